The van der Waals surface area contributed by atoms with Crippen LogP contribution in [0.2, 0.25) is 0 Å². The molecule has 1 amide bonds. The van der Waals surface area contributed by atoms with E-state index >= 15 is 0 Å². The number of hydrogen-bond acceptors (Lipinski definition) is 4. The Labute approximate surface area is 151 Å². The van der Waals surface area contributed by atoms with Gasteiger partial charge in [0.2, 0.25) is 5.91 Å². The normalized spacial score (nSPS) is 13.6. The number of aliphatic carboxylic acids is 1. The molecule has 0 aliphatic rings. The van der Waals surface area contributed by atoms with Crippen molar-refractivity contribution in [1.29, 1.82) is 0 Å². The number of nitrogens with one attached hydrogen (secondary N) is 2. The van der Waals surface area contributed by atoms with Crippen LogP contribution >= 0.6 is 0 Å². The third kappa shape index (κ3) is 3.79. The number of amides is 1. The second-order valence-corrected chi connectivity index (χ2v) is 6.77. The number of carboxylic acids is 1. The predicted molar refractivity (Wildman–Crippen MR) is 98.2 cm³/mol. The number of carboxylic acid groups (broad SMARTS) is 1. The Morgan fingerprint density at radius 3 is 2.58 bits per heavy atom. The van der Waals surface area contributed by atoms with Crippen LogP contribution < -0.4 is 10.9 Å². The number of aryl methyl sites for hydroxylation is 3. The van der Waals surface area contributed by atoms with Crippen molar-refractivity contribution < 1.29 is 14.7 Å². The topological polar surface area (TPSA) is 117 Å². The fraction of sp³-hybridized carbons (Fsp3) is 0.556. The van der Waals surface area contributed by atoms with Crippen LogP contribution in [0.3, 0.4) is 0 Å². The van der Waals surface area contributed by atoms with Crippen molar-refractivity contribution >= 4 is 22.9 Å². The number of rotatable bonds is 7. The monoisotopic (exact) mass is 362 g/mol. The molecule has 2 rings (SSSR count). The Balaban J connectivity index is 2.19. The number of H-pyrrole nitrogens is 1. The molecular weight excluding hydrogens is 336 g/mol. The lowest BCUT2D eigenvalue weighted by Crippen LogP contribution is -2.45. The molecule has 2 aromatic rings. The van der Waals surface area contributed by atoms with Crippen LogP contribution in [0.1, 0.15) is 43.5 Å². The summed E-state index contributed by atoms with van der Waals surface area (Å²) in [6.45, 7) is 7.37. The number of aromatic nitrogens is 3. The van der Waals surface area contributed by atoms with Crippen molar-refractivity contribution in [2.45, 2.75) is 53.0 Å². The van der Waals surface area contributed by atoms with Gasteiger partial charge in [0.05, 0.1) is 5.39 Å². The quantitative estimate of drug-likeness (QED) is 0.689. The van der Waals surface area contributed by atoms with Crippen LogP contribution in [-0.4, -0.2) is 37.8 Å². The molecule has 0 radical (unpaired) electrons. The van der Waals surface area contributed by atoms with Crippen LogP contribution in [0.5, 0.6) is 0 Å². The van der Waals surface area contributed by atoms with E-state index in [1.54, 1.807) is 18.7 Å². The molecule has 8 heteroatoms. The summed E-state index contributed by atoms with van der Waals surface area (Å²) in [6, 6.07) is -0.896. The molecule has 8 nitrogen and oxygen atoms in total. The highest BCUT2D eigenvalue weighted by atomic mass is 16.4. The summed E-state index contributed by atoms with van der Waals surface area (Å²) in [5.74, 6) is -1.50. The van der Waals surface area contributed by atoms with E-state index in [2.05, 4.69) is 15.4 Å². The zero-order chi connectivity index (χ0) is 19.6. The van der Waals surface area contributed by atoms with E-state index in [0.29, 0.717) is 23.9 Å². The van der Waals surface area contributed by atoms with Crippen molar-refractivity contribution in [3.05, 3.63) is 27.2 Å². The zero-order valence-electron chi connectivity index (χ0n) is 15.8. The van der Waals surface area contributed by atoms with Gasteiger partial charge in [-0.05, 0) is 37.3 Å². The van der Waals surface area contributed by atoms with Gasteiger partial charge in [0, 0.05) is 19.2 Å². The van der Waals surface area contributed by atoms with E-state index in [1.165, 1.54) is 0 Å². The first-order chi connectivity index (χ1) is 12.2. The van der Waals surface area contributed by atoms with Gasteiger partial charge in [0.25, 0.3) is 5.56 Å². The summed E-state index contributed by atoms with van der Waals surface area (Å²) >= 11 is 0. The van der Waals surface area contributed by atoms with E-state index in [-0.39, 0.29) is 23.8 Å². The van der Waals surface area contributed by atoms with Crippen LogP contribution in [0.25, 0.3) is 11.0 Å². The molecule has 26 heavy (non-hydrogen) atoms. The predicted octanol–water partition coefficient (Wildman–Crippen LogP) is 1.43. The maximum Gasteiger partial charge on any atom is 0.326 e. The second kappa shape index (κ2) is 7.72. The highest BCUT2D eigenvalue weighted by Crippen LogP contribution is 2.21. The number of aromatic amines is 1. The van der Waals surface area contributed by atoms with Gasteiger partial charge in [0.1, 0.15) is 6.04 Å². The van der Waals surface area contributed by atoms with Gasteiger partial charge in [-0.1, -0.05) is 20.3 Å². The first kappa shape index (κ1) is 19.7. The second-order valence-electron chi connectivity index (χ2n) is 6.77. The molecule has 0 fully saturated rings. The molecule has 0 spiro atoms. The van der Waals surface area contributed by atoms with E-state index in [9.17, 15) is 19.5 Å². The first-order valence-electron chi connectivity index (χ1n) is 8.74. The van der Waals surface area contributed by atoms with Gasteiger partial charge >= 0.3 is 5.97 Å². The number of nitrogens with zero attached hydrogens (tertiary/aromatic N) is 2. The lowest BCUT2D eigenvalue weighted by Gasteiger charge is -2.20. The SMILES string of the molecule is CC[C@H](C)[C@H](NC(=O)CCc1c(C)nc2c(c1C)c(=O)[nH]n2C)C(=O)O. The molecule has 3 N–H and O–H groups in total. The van der Waals surface area contributed by atoms with Crippen molar-refractivity contribution in [1.82, 2.24) is 20.1 Å². The average Bonchev–Trinajstić information content (AvgIpc) is 2.85. The van der Waals surface area contributed by atoms with Gasteiger partial charge in [-0.3, -0.25) is 19.4 Å². The summed E-state index contributed by atoms with van der Waals surface area (Å²) in [4.78, 5) is 40.1. The Hall–Kier alpha value is -2.64. The lowest BCUT2D eigenvalue weighted by atomic mass is 9.98. The molecule has 2 atom stereocenters. The van der Waals surface area contributed by atoms with Gasteiger partial charge in [0.15, 0.2) is 5.65 Å². The van der Waals surface area contributed by atoms with E-state index < -0.39 is 12.0 Å². The molecular formula is C18H26N4O4. The lowest BCUT2D eigenvalue weighted by molar-refractivity contribution is -0.143. The maximum absolute atomic E-state index is 12.2. The molecule has 142 valence electrons. The van der Waals surface area contributed by atoms with E-state index in [0.717, 1.165) is 16.8 Å². The van der Waals surface area contributed by atoms with Gasteiger partial charge in [-0.15, -0.1) is 0 Å². The summed E-state index contributed by atoms with van der Waals surface area (Å²) in [7, 11) is 1.73. The minimum Gasteiger partial charge on any atom is -0.480 e. The molecule has 0 aliphatic heterocycles. The minimum atomic E-state index is -1.03. The highest BCUT2D eigenvalue weighted by Gasteiger charge is 2.25. The van der Waals surface area contributed by atoms with Crippen molar-refractivity contribution in [3.8, 4) is 0 Å². The third-order valence-electron chi connectivity index (χ3n) is 4.97. The molecule has 0 bridgehead atoms. The van der Waals surface area contributed by atoms with Crippen molar-refractivity contribution in [2.24, 2.45) is 13.0 Å². The smallest absolute Gasteiger partial charge is 0.326 e. The summed E-state index contributed by atoms with van der Waals surface area (Å²) in [6.07, 6.45) is 1.19. The maximum atomic E-state index is 12.2. The molecule has 0 aromatic carbocycles. The number of carbonyl (C=O) groups excluding carboxylic acids is 1. The Kier molecular flexibility index (Phi) is 5.84. The van der Waals surface area contributed by atoms with Crippen LogP contribution in [0.15, 0.2) is 4.79 Å². The fourth-order valence-corrected chi connectivity index (χ4v) is 3.18. The van der Waals surface area contributed by atoms with Crippen molar-refractivity contribution in [3.63, 3.8) is 0 Å². The standard InChI is InChI=1S/C18H26N4O4/c1-6-9(2)15(18(25)26)20-13(23)8-7-12-10(3)14-16(19-11(12)4)22(5)21-17(14)24/h9,15H,6-8H2,1-5H3,(H,20,23)(H,21,24)(H,25,26)/t9-,15-/m0/s1. The Bertz CT molecular complexity index is 897. The molecule has 0 saturated heterocycles. The first-order valence-corrected chi connectivity index (χ1v) is 8.74. The third-order valence-corrected chi connectivity index (χ3v) is 4.97. The van der Waals surface area contributed by atoms with Gasteiger partial charge in [-0.2, -0.15) is 0 Å². The fourth-order valence-electron chi connectivity index (χ4n) is 3.18. The van der Waals surface area contributed by atoms with Crippen molar-refractivity contribution in [2.75, 3.05) is 0 Å². The summed E-state index contributed by atoms with van der Waals surface area (Å²) in [5.41, 5.74) is 2.79. The van der Waals surface area contributed by atoms with Gasteiger partial charge in [-0.25, -0.2) is 9.78 Å². The number of carbonyl (C=O) groups is 2. The Morgan fingerprint density at radius 1 is 1.35 bits per heavy atom. The molecule has 0 saturated carbocycles. The summed E-state index contributed by atoms with van der Waals surface area (Å²) in [5, 5.41) is 15.1. The van der Waals surface area contributed by atoms with E-state index in [4.69, 9.17) is 0 Å². The van der Waals surface area contributed by atoms with E-state index in [1.807, 2.05) is 20.8 Å². The average molecular weight is 362 g/mol. The number of fused-ring (bicyclic) bond motifs is 1. The molecule has 0 aliphatic carbocycles. The summed E-state index contributed by atoms with van der Waals surface area (Å²) < 4.78 is 1.58. The molecule has 2 heterocycles. The van der Waals surface area contributed by atoms with Crippen LogP contribution in [-0.2, 0) is 23.1 Å². The number of pyridine rings is 1. The van der Waals surface area contributed by atoms with Crippen LogP contribution in [0, 0.1) is 19.8 Å². The largest absolute Gasteiger partial charge is 0.480 e. The minimum absolute atomic E-state index is 0.139. The molecule has 2 aromatic heterocycles. The number of hydrogen-bond donors (Lipinski definition) is 3. The van der Waals surface area contributed by atoms with Gasteiger partial charge < -0.3 is 10.4 Å². The molecule has 0 unspecified atom stereocenters. The highest BCUT2D eigenvalue weighted by molar-refractivity contribution is 5.84. The van der Waals surface area contributed by atoms with Crippen LogP contribution in [0.4, 0.5) is 0 Å². The Morgan fingerprint density at radius 2 is 2.00 bits per heavy atom. The zero-order valence-corrected chi connectivity index (χ0v) is 15.8.